The minimum atomic E-state index is -0.308. The summed E-state index contributed by atoms with van der Waals surface area (Å²) < 4.78 is 0. The Kier molecular flexibility index (Phi) is 6.82. The lowest BCUT2D eigenvalue weighted by molar-refractivity contribution is 0.450. The van der Waals surface area contributed by atoms with Gasteiger partial charge in [0.1, 0.15) is 11.5 Å². The molecule has 168 valence electrons. The van der Waals surface area contributed by atoms with Gasteiger partial charge >= 0.3 is 0 Å². The Balaban J connectivity index is 1.64. The van der Waals surface area contributed by atoms with Crippen molar-refractivity contribution >= 4 is 41.7 Å². The molecule has 0 bridgehead atoms. The third kappa shape index (κ3) is 4.71. The van der Waals surface area contributed by atoms with Gasteiger partial charge in [0.2, 0.25) is 0 Å². The van der Waals surface area contributed by atoms with Crippen LogP contribution in [-0.2, 0) is 10.8 Å². The Bertz CT molecular complexity index is 961. The topological polar surface area (TPSA) is 40.5 Å². The van der Waals surface area contributed by atoms with E-state index in [0.717, 1.165) is 38.7 Å². The van der Waals surface area contributed by atoms with Gasteiger partial charge in [-0.1, -0.05) is 101 Å². The van der Waals surface area contributed by atoms with Crippen molar-refractivity contribution in [2.75, 3.05) is 0 Å². The maximum atomic E-state index is 11.2. The van der Waals surface area contributed by atoms with Crippen LogP contribution in [0.4, 0.5) is 0 Å². The molecule has 2 aromatic carbocycles. The molecule has 1 aliphatic carbocycles. The summed E-state index contributed by atoms with van der Waals surface area (Å²) >= 11 is 0. The maximum absolute atomic E-state index is 11.2. The lowest BCUT2D eigenvalue weighted by Gasteiger charge is -2.25. The fraction of sp³-hybridized carbons (Fsp3) is 0.520. The predicted molar refractivity (Wildman–Crippen MR) is 145 cm³/mol. The molecule has 31 heavy (non-hydrogen) atoms. The molecule has 0 radical (unpaired) electrons. The first-order valence-electron chi connectivity index (χ1n) is 11.2. The molecule has 2 aliphatic rings. The number of hydrogen-bond donors (Lipinski definition) is 2. The summed E-state index contributed by atoms with van der Waals surface area (Å²) in [5.41, 5.74) is 3.64. The fourth-order valence-corrected chi connectivity index (χ4v) is 29.8. The van der Waals surface area contributed by atoms with Gasteiger partial charge in [0.05, 0.1) is 0 Å². The highest BCUT2D eigenvalue weighted by Crippen LogP contribution is 2.93. The summed E-state index contributed by atoms with van der Waals surface area (Å²) in [6, 6.07) is 12.8. The molecule has 2 nitrogen and oxygen atoms in total. The van der Waals surface area contributed by atoms with Crippen LogP contribution in [0.15, 0.2) is 36.4 Å². The largest absolute Gasteiger partial charge is 0.507 e. The molecule has 6 atom stereocenters. The minimum Gasteiger partial charge on any atom is -0.507 e. The average Bonchev–Trinajstić information content (AvgIpc) is 3.26. The molecule has 6 unspecified atom stereocenters. The molecule has 1 aliphatic heterocycles. The van der Waals surface area contributed by atoms with Crippen molar-refractivity contribution in [3.05, 3.63) is 47.5 Å². The van der Waals surface area contributed by atoms with Crippen LogP contribution < -0.4 is 10.6 Å². The van der Waals surface area contributed by atoms with Crippen LogP contribution in [0, 0.1) is 0 Å². The number of hydrogen-bond acceptors (Lipinski definition) is 2. The van der Waals surface area contributed by atoms with E-state index >= 15 is 0 Å². The highest BCUT2D eigenvalue weighted by atomic mass is 32.6. The molecule has 6 heteroatoms. The standard InChI is InChI=1S/C25H36O2P4/c1-24(2,3)16-10-7-12-18(22(16)26)28-31-20-14-9-13-19(20)30(29-31)21-15-8-11-17(23(21)27)25(4,5)6/h7-8,10-12,15,19-20,26-29H,9,13-14H2,1-6H3. The highest BCUT2D eigenvalue weighted by Gasteiger charge is 2.47. The van der Waals surface area contributed by atoms with Gasteiger partial charge in [-0.25, -0.2) is 0 Å². The van der Waals surface area contributed by atoms with Crippen molar-refractivity contribution < 1.29 is 10.2 Å². The molecule has 4 rings (SSSR count). The minimum absolute atomic E-state index is 0.0426. The Hall–Kier alpha value is -0.240. The van der Waals surface area contributed by atoms with Crippen LogP contribution in [0.5, 0.6) is 11.5 Å². The van der Waals surface area contributed by atoms with Crippen LogP contribution in [0.3, 0.4) is 0 Å². The van der Waals surface area contributed by atoms with Gasteiger partial charge in [-0.3, -0.25) is 0 Å². The average molecular weight is 492 g/mol. The van der Waals surface area contributed by atoms with Gasteiger partial charge in [-0.05, 0) is 61.0 Å². The number of rotatable bonds is 3. The van der Waals surface area contributed by atoms with E-state index in [1.807, 2.05) is 0 Å². The SMILES string of the molecule is CC(C)(C)c1cccc(PP2PP(c3cccc(C(C)(C)C)c3O)C3CCCC32)c1O. The van der Waals surface area contributed by atoms with Gasteiger partial charge in [0.15, 0.2) is 0 Å². The molecular formula is C25H36O2P4. The van der Waals surface area contributed by atoms with Gasteiger partial charge in [-0.2, -0.15) is 0 Å². The lowest BCUT2D eigenvalue weighted by atomic mass is 9.86. The van der Waals surface area contributed by atoms with E-state index in [2.05, 4.69) is 77.9 Å². The summed E-state index contributed by atoms with van der Waals surface area (Å²) in [5, 5.41) is 24.7. The number of benzene rings is 2. The van der Waals surface area contributed by atoms with E-state index in [-0.39, 0.29) is 25.7 Å². The smallest absolute Gasteiger partial charge is 0.127 e. The summed E-state index contributed by atoms with van der Waals surface area (Å²) in [6.07, 6.45) is 3.99. The van der Waals surface area contributed by atoms with Crippen LogP contribution in [0.1, 0.15) is 71.9 Å². The summed E-state index contributed by atoms with van der Waals surface area (Å²) in [7, 11) is 1.23. The first-order chi connectivity index (χ1) is 14.5. The van der Waals surface area contributed by atoms with E-state index in [1.54, 1.807) is 0 Å². The van der Waals surface area contributed by atoms with Crippen LogP contribution in [0.2, 0.25) is 0 Å². The molecule has 2 N–H and O–H groups in total. The second-order valence-corrected chi connectivity index (χ2v) is 23.9. The van der Waals surface area contributed by atoms with Crippen LogP contribution in [0.25, 0.3) is 0 Å². The quantitative estimate of drug-likeness (QED) is 0.432. The summed E-state index contributed by atoms with van der Waals surface area (Å²) in [6.45, 7) is 13.1. The van der Waals surface area contributed by atoms with E-state index in [1.165, 1.54) is 29.9 Å². The number of aromatic hydroxyl groups is 2. The van der Waals surface area contributed by atoms with E-state index in [9.17, 15) is 10.2 Å². The van der Waals surface area contributed by atoms with Crippen molar-refractivity contribution in [2.45, 2.75) is 83.0 Å². The fourth-order valence-electron chi connectivity index (χ4n) is 4.83. The predicted octanol–water partition coefficient (Wildman–Crippen LogP) is 7.64. The van der Waals surface area contributed by atoms with Crippen molar-refractivity contribution in [3.63, 3.8) is 0 Å². The molecule has 1 saturated heterocycles. The van der Waals surface area contributed by atoms with Gasteiger partial charge in [-0.15, -0.1) is 0 Å². The Labute approximate surface area is 193 Å². The zero-order valence-corrected chi connectivity index (χ0v) is 23.3. The Morgan fingerprint density at radius 2 is 1.42 bits per heavy atom. The number of para-hydroxylation sites is 2. The molecule has 1 saturated carbocycles. The number of fused-ring (bicyclic) bond motifs is 1. The second-order valence-electron chi connectivity index (χ2n) is 10.9. The Morgan fingerprint density at radius 1 is 0.839 bits per heavy atom. The van der Waals surface area contributed by atoms with Crippen molar-refractivity contribution in [3.8, 4) is 11.5 Å². The molecule has 0 aromatic heterocycles. The molecule has 0 spiro atoms. The number of phenolic OH excluding ortho intramolecular Hbond substituents is 2. The molecular weight excluding hydrogens is 456 g/mol. The molecule has 1 heterocycles. The van der Waals surface area contributed by atoms with E-state index in [0.29, 0.717) is 11.5 Å². The van der Waals surface area contributed by atoms with E-state index < -0.39 is 0 Å². The van der Waals surface area contributed by atoms with Gasteiger partial charge < -0.3 is 10.2 Å². The van der Waals surface area contributed by atoms with E-state index in [4.69, 9.17) is 0 Å². The third-order valence-electron chi connectivity index (χ3n) is 6.49. The van der Waals surface area contributed by atoms with Crippen molar-refractivity contribution in [1.29, 1.82) is 0 Å². The molecule has 2 aromatic rings. The first-order valence-corrected chi connectivity index (χ1v) is 18.6. The maximum Gasteiger partial charge on any atom is 0.127 e. The second kappa shape index (κ2) is 8.84. The lowest BCUT2D eigenvalue weighted by Crippen LogP contribution is -2.18. The Morgan fingerprint density at radius 3 is 2.06 bits per heavy atom. The zero-order chi connectivity index (χ0) is 22.6. The molecule has 0 amide bonds. The van der Waals surface area contributed by atoms with Gasteiger partial charge in [0.25, 0.3) is 0 Å². The first kappa shape index (κ1) is 23.9. The summed E-state index contributed by atoms with van der Waals surface area (Å²) in [5.74, 6) is 1.10. The molecule has 2 fully saturated rings. The third-order valence-corrected chi connectivity index (χ3v) is 25.5. The summed E-state index contributed by atoms with van der Waals surface area (Å²) in [4.78, 5) is 0. The van der Waals surface area contributed by atoms with Crippen LogP contribution >= 0.6 is 31.1 Å². The van der Waals surface area contributed by atoms with Gasteiger partial charge in [0, 0.05) is 10.6 Å². The van der Waals surface area contributed by atoms with Crippen molar-refractivity contribution in [2.24, 2.45) is 0 Å². The monoisotopic (exact) mass is 492 g/mol. The normalized spacial score (nSPS) is 27.4. The van der Waals surface area contributed by atoms with Crippen molar-refractivity contribution in [1.82, 2.24) is 0 Å². The highest BCUT2D eigenvalue weighted by molar-refractivity contribution is 8.72. The number of phenols is 2. The zero-order valence-electron chi connectivity index (χ0n) is 19.5. The van der Waals surface area contributed by atoms with Crippen LogP contribution in [-0.4, -0.2) is 21.5 Å².